The summed E-state index contributed by atoms with van der Waals surface area (Å²) in [4.78, 5) is 13.7. The monoisotopic (exact) mass is 433 g/mol. The molecule has 0 radical (unpaired) electrons. The Balaban J connectivity index is 0.00000210. The molecule has 1 N–H and O–H groups in total. The zero-order chi connectivity index (χ0) is 18.1. The molecule has 2 aliphatic rings. The second-order valence-corrected chi connectivity index (χ2v) is 6.68. The van der Waals surface area contributed by atoms with Gasteiger partial charge in [0.2, 0.25) is 0 Å². The number of hydrogen-bond donors (Lipinski definition) is 1. The molecule has 0 bridgehead atoms. The molecule has 1 aliphatic heterocycles. The highest BCUT2D eigenvalue weighted by Gasteiger charge is 2.44. The maximum Gasteiger partial charge on any atom is 0.119 e. The second-order valence-electron chi connectivity index (χ2n) is 6.68. The number of fused-ring (bicyclic) bond motifs is 3. The van der Waals surface area contributed by atoms with Crippen molar-refractivity contribution in [2.45, 2.75) is 43.9 Å². The van der Waals surface area contributed by atoms with Crippen molar-refractivity contribution in [3.05, 3.63) is 53.6 Å². The van der Waals surface area contributed by atoms with Gasteiger partial charge < -0.3 is 14.6 Å². The van der Waals surface area contributed by atoms with Gasteiger partial charge in [0.05, 0.1) is 37.3 Å². The number of nitrogens with zero attached hydrogens (tertiary/aromatic N) is 3. The van der Waals surface area contributed by atoms with Gasteiger partial charge in [-0.3, -0.25) is 15.0 Å². The Morgan fingerprint density at radius 3 is 2.78 bits per heavy atom. The molecule has 4 rings (SSSR count). The van der Waals surface area contributed by atoms with Gasteiger partial charge in [0.15, 0.2) is 0 Å². The van der Waals surface area contributed by atoms with Crippen molar-refractivity contribution in [3.63, 3.8) is 0 Å². The third-order valence-corrected chi connectivity index (χ3v) is 5.24. The van der Waals surface area contributed by atoms with Crippen molar-refractivity contribution in [1.29, 1.82) is 0 Å². The van der Waals surface area contributed by atoms with Gasteiger partial charge in [-0.15, -0.1) is 17.0 Å². The van der Waals surface area contributed by atoms with Crippen LogP contribution in [0.3, 0.4) is 0 Å². The summed E-state index contributed by atoms with van der Waals surface area (Å²) in [6.45, 7) is 2.53. The second kappa shape index (κ2) is 8.46. The largest absolute Gasteiger partial charge is 0.497 e. The lowest BCUT2D eigenvalue weighted by Crippen LogP contribution is -2.47. The fourth-order valence-electron chi connectivity index (χ4n) is 4.10. The molecule has 2 heterocycles. The van der Waals surface area contributed by atoms with Gasteiger partial charge in [-0.05, 0) is 37.5 Å². The van der Waals surface area contributed by atoms with E-state index in [9.17, 15) is 5.11 Å². The highest BCUT2D eigenvalue weighted by molar-refractivity contribution is 8.93. The van der Waals surface area contributed by atoms with Crippen LogP contribution in [0.2, 0.25) is 0 Å². The Kier molecular flexibility index (Phi) is 6.24. The number of benzene rings is 1. The first kappa shape index (κ1) is 19.9. The number of methoxy groups -OCH3 is 1. The summed E-state index contributed by atoms with van der Waals surface area (Å²) in [6.07, 6.45) is 5.86. The molecule has 1 saturated carbocycles. The lowest BCUT2D eigenvalue weighted by molar-refractivity contribution is -0.0714. The molecule has 4 atom stereocenters. The summed E-state index contributed by atoms with van der Waals surface area (Å²) in [7, 11) is 1.65. The summed E-state index contributed by atoms with van der Waals surface area (Å²) < 4.78 is 11.4. The van der Waals surface area contributed by atoms with E-state index in [0.717, 1.165) is 34.7 Å². The fourth-order valence-corrected chi connectivity index (χ4v) is 4.10. The first-order valence-corrected chi connectivity index (χ1v) is 9.05. The summed E-state index contributed by atoms with van der Waals surface area (Å²) in [5, 5.41) is 10.5. The average molecular weight is 434 g/mol. The van der Waals surface area contributed by atoms with Gasteiger partial charge in [-0.25, -0.2) is 0 Å². The van der Waals surface area contributed by atoms with Crippen molar-refractivity contribution in [2.24, 2.45) is 4.99 Å². The maximum absolute atomic E-state index is 10.5. The number of aromatic nitrogens is 2. The first-order valence-electron chi connectivity index (χ1n) is 9.05. The number of aliphatic imine (C=N–C) groups is 1. The topological polar surface area (TPSA) is 76.8 Å². The van der Waals surface area contributed by atoms with Crippen molar-refractivity contribution < 1.29 is 14.6 Å². The standard InChI is InChI=1S/C20H23N3O3.BrH/c1-3-26-20-17(24)7-6-15-18(20)13-5-4-12(25-2)10-14(13)19(23-15)16-11-21-8-9-22-16;/h4-5,8-11,15,17-18,20,24H,3,6-7H2,1-2H3;1H/t15-,17-,18-,20?;/m1./s1. The number of hydrogen-bond acceptors (Lipinski definition) is 6. The molecule has 6 nitrogen and oxygen atoms in total. The zero-order valence-electron chi connectivity index (χ0n) is 15.4. The van der Waals surface area contributed by atoms with Crippen molar-refractivity contribution in [1.82, 2.24) is 9.97 Å². The first-order chi connectivity index (χ1) is 12.7. The third-order valence-electron chi connectivity index (χ3n) is 5.24. The minimum absolute atomic E-state index is 0. The smallest absolute Gasteiger partial charge is 0.119 e. The van der Waals surface area contributed by atoms with E-state index in [-0.39, 0.29) is 35.0 Å². The molecule has 1 aromatic carbocycles. The van der Waals surface area contributed by atoms with Crippen LogP contribution >= 0.6 is 17.0 Å². The van der Waals surface area contributed by atoms with Gasteiger partial charge in [0.1, 0.15) is 11.4 Å². The highest BCUT2D eigenvalue weighted by atomic mass is 79.9. The predicted molar refractivity (Wildman–Crippen MR) is 108 cm³/mol. The van der Waals surface area contributed by atoms with Gasteiger partial charge in [0.25, 0.3) is 0 Å². The number of halogens is 1. The molecule has 1 fully saturated rings. The van der Waals surface area contributed by atoms with E-state index >= 15 is 0 Å². The molecule has 0 saturated heterocycles. The van der Waals surface area contributed by atoms with Crippen LogP contribution in [0.25, 0.3) is 0 Å². The van der Waals surface area contributed by atoms with Crippen molar-refractivity contribution >= 4 is 22.7 Å². The van der Waals surface area contributed by atoms with Gasteiger partial charge >= 0.3 is 0 Å². The van der Waals surface area contributed by atoms with Crippen LogP contribution in [0.5, 0.6) is 5.75 Å². The Hall–Kier alpha value is -1.83. The molecular weight excluding hydrogens is 410 g/mol. The molecule has 0 spiro atoms. The molecule has 1 aliphatic carbocycles. The number of aliphatic hydroxyl groups is 1. The van der Waals surface area contributed by atoms with E-state index in [1.165, 1.54) is 0 Å². The fraction of sp³-hybridized carbons (Fsp3) is 0.450. The average Bonchev–Trinajstić information content (AvgIpc) is 2.69. The molecule has 27 heavy (non-hydrogen) atoms. The molecule has 1 unspecified atom stereocenters. The van der Waals surface area contributed by atoms with Crippen LogP contribution < -0.4 is 4.74 Å². The zero-order valence-corrected chi connectivity index (χ0v) is 17.1. The SMILES string of the molecule is Br.CCOC1[C@H](O)CC[C@H]2N=C(c3cnccn3)c3cc(OC)ccc3[C@@H]12. The number of rotatable bonds is 4. The molecule has 7 heteroatoms. The van der Waals surface area contributed by atoms with E-state index in [0.29, 0.717) is 13.0 Å². The van der Waals surface area contributed by atoms with E-state index in [4.69, 9.17) is 14.5 Å². The molecular formula is C20H24BrN3O3. The Labute approximate surface area is 169 Å². The Morgan fingerprint density at radius 2 is 2.07 bits per heavy atom. The molecule has 1 aromatic heterocycles. The minimum Gasteiger partial charge on any atom is -0.497 e. The van der Waals surface area contributed by atoms with Crippen LogP contribution in [0, 0.1) is 0 Å². The Morgan fingerprint density at radius 1 is 1.22 bits per heavy atom. The van der Waals surface area contributed by atoms with E-state index in [1.807, 2.05) is 19.1 Å². The number of ether oxygens (including phenoxy) is 2. The summed E-state index contributed by atoms with van der Waals surface area (Å²) in [5.41, 5.74) is 3.69. The number of aliphatic hydroxyl groups excluding tert-OH is 1. The lowest BCUT2D eigenvalue weighted by atomic mass is 9.72. The summed E-state index contributed by atoms with van der Waals surface area (Å²) in [5.74, 6) is 0.795. The van der Waals surface area contributed by atoms with E-state index in [2.05, 4.69) is 16.0 Å². The quantitative estimate of drug-likeness (QED) is 0.801. The van der Waals surface area contributed by atoms with Crippen LogP contribution in [0.1, 0.15) is 42.5 Å². The molecule has 144 valence electrons. The van der Waals surface area contributed by atoms with Crippen LogP contribution in [-0.4, -0.2) is 52.8 Å². The van der Waals surface area contributed by atoms with Crippen molar-refractivity contribution in [2.75, 3.05) is 13.7 Å². The van der Waals surface area contributed by atoms with Gasteiger partial charge in [0, 0.05) is 30.5 Å². The predicted octanol–water partition coefficient (Wildman–Crippen LogP) is 2.93. The van der Waals surface area contributed by atoms with Gasteiger partial charge in [-0.2, -0.15) is 0 Å². The normalized spacial score (nSPS) is 26.3. The van der Waals surface area contributed by atoms with Crippen molar-refractivity contribution in [3.8, 4) is 5.75 Å². The summed E-state index contributed by atoms with van der Waals surface area (Å²) in [6, 6.07) is 6.08. The van der Waals surface area contributed by atoms with Crippen LogP contribution in [-0.2, 0) is 4.74 Å². The lowest BCUT2D eigenvalue weighted by Gasteiger charge is -2.42. The van der Waals surface area contributed by atoms with E-state index < -0.39 is 6.10 Å². The third kappa shape index (κ3) is 3.63. The molecule has 2 aromatic rings. The highest BCUT2D eigenvalue weighted by Crippen LogP contribution is 2.43. The summed E-state index contributed by atoms with van der Waals surface area (Å²) >= 11 is 0. The van der Waals surface area contributed by atoms with Crippen LogP contribution in [0.4, 0.5) is 0 Å². The Bertz CT molecular complexity index is 815. The minimum atomic E-state index is -0.473. The maximum atomic E-state index is 10.5. The van der Waals surface area contributed by atoms with Gasteiger partial charge in [-0.1, -0.05) is 6.07 Å². The van der Waals surface area contributed by atoms with E-state index in [1.54, 1.807) is 25.7 Å². The molecule has 0 amide bonds. The van der Waals surface area contributed by atoms with Crippen LogP contribution in [0.15, 0.2) is 41.8 Å².